The van der Waals surface area contributed by atoms with E-state index in [9.17, 15) is 4.79 Å². The van der Waals surface area contributed by atoms with Crippen LogP contribution in [0.5, 0.6) is 0 Å². The Kier molecular flexibility index (Phi) is 4.30. The van der Waals surface area contributed by atoms with Crippen molar-refractivity contribution < 1.29 is 4.79 Å². The van der Waals surface area contributed by atoms with Gasteiger partial charge < -0.3 is 16.4 Å². The summed E-state index contributed by atoms with van der Waals surface area (Å²) >= 11 is 1.62. The number of urea groups is 1. The SMILES string of the molecule is CNC(=O)Nc1cc(Sc2ccccc2)ccc1N. The second kappa shape index (κ2) is 6.15. The maximum Gasteiger partial charge on any atom is 0.319 e. The second-order valence-corrected chi connectivity index (χ2v) is 5.02. The van der Waals surface area contributed by atoms with Gasteiger partial charge in [0.25, 0.3) is 0 Å². The van der Waals surface area contributed by atoms with Crippen LogP contribution in [-0.2, 0) is 0 Å². The lowest BCUT2D eigenvalue weighted by Crippen LogP contribution is -2.24. The van der Waals surface area contributed by atoms with Gasteiger partial charge in [-0.05, 0) is 30.3 Å². The van der Waals surface area contributed by atoms with Gasteiger partial charge in [-0.2, -0.15) is 0 Å². The maximum atomic E-state index is 11.3. The summed E-state index contributed by atoms with van der Waals surface area (Å²) in [5, 5.41) is 5.20. The van der Waals surface area contributed by atoms with Crippen LogP contribution in [-0.4, -0.2) is 13.1 Å². The third-order valence-electron chi connectivity index (χ3n) is 2.48. The summed E-state index contributed by atoms with van der Waals surface area (Å²) in [5.41, 5.74) is 6.99. The number of carbonyl (C=O) groups is 1. The van der Waals surface area contributed by atoms with Crippen LogP contribution in [0.3, 0.4) is 0 Å². The number of rotatable bonds is 3. The average molecular weight is 273 g/mol. The number of hydrogen-bond donors (Lipinski definition) is 3. The number of nitrogens with two attached hydrogens (primary N) is 1. The molecular weight excluding hydrogens is 258 g/mol. The first kappa shape index (κ1) is 13.3. The van der Waals surface area contributed by atoms with E-state index in [1.54, 1.807) is 24.9 Å². The predicted octanol–water partition coefficient (Wildman–Crippen LogP) is 3.17. The maximum absolute atomic E-state index is 11.3. The van der Waals surface area contributed by atoms with Crippen LogP contribution in [0.2, 0.25) is 0 Å². The fourth-order valence-corrected chi connectivity index (χ4v) is 2.39. The zero-order chi connectivity index (χ0) is 13.7. The molecule has 2 aromatic carbocycles. The van der Waals surface area contributed by atoms with Crippen LogP contribution >= 0.6 is 11.8 Å². The van der Waals surface area contributed by atoms with Gasteiger partial charge in [-0.3, -0.25) is 0 Å². The zero-order valence-electron chi connectivity index (χ0n) is 10.5. The summed E-state index contributed by atoms with van der Waals surface area (Å²) in [6.45, 7) is 0. The fraction of sp³-hybridized carbons (Fsp3) is 0.0714. The van der Waals surface area contributed by atoms with Crippen molar-refractivity contribution in [3.63, 3.8) is 0 Å². The number of nitrogen functional groups attached to an aromatic ring is 1. The lowest BCUT2D eigenvalue weighted by molar-refractivity contribution is 0.254. The Bertz CT molecular complexity index is 572. The topological polar surface area (TPSA) is 67.2 Å². The molecule has 0 aliphatic heterocycles. The van der Waals surface area contributed by atoms with Gasteiger partial charge >= 0.3 is 6.03 Å². The molecule has 0 aromatic heterocycles. The molecule has 0 bridgehead atoms. The average Bonchev–Trinajstić information content (AvgIpc) is 2.43. The van der Waals surface area contributed by atoms with Gasteiger partial charge in [-0.1, -0.05) is 30.0 Å². The molecule has 2 amide bonds. The molecule has 0 saturated heterocycles. The molecule has 19 heavy (non-hydrogen) atoms. The van der Waals surface area contributed by atoms with Crippen LogP contribution in [0, 0.1) is 0 Å². The van der Waals surface area contributed by atoms with Crippen LogP contribution in [0.4, 0.5) is 16.2 Å². The Balaban J connectivity index is 2.18. The van der Waals surface area contributed by atoms with Crippen molar-refractivity contribution in [2.75, 3.05) is 18.1 Å². The molecule has 4 nitrogen and oxygen atoms in total. The largest absolute Gasteiger partial charge is 0.397 e. The van der Waals surface area contributed by atoms with Crippen molar-refractivity contribution in [3.05, 3.63) is 48.5 Å². The molecule has 0 spiro atoms. The summed E-state index contributed by atoms with van der Waals surface area (Å²) in [7, 11) is 1.56. The van der Waals surface area contributed by atoms with Crippen molar-refractivity contribution in [1.29, 1.82) is 0 Å². The number of hydrogen-bond acceptors (Lipinski definition) is 3. The second-order valence-electron chi connectivity index (χ2n) is 3.87. The van der Waals surface area contributed by atoms with E-state index in [4.69, 9.17) is 5.73 Å². The van der Waals surface area contributed by atoms with Crippen LogP contribution in [0.15, 0.2) is 58.3 Å². The third kappa shape index (κ3) is 3.66. The molecule has 2 rings (SSSR count). The molecule has 0 atom stereocenters. The molecule has 0 aliphatic carbocycles. The van der Waals surface area contributed by atoms with E-state index in [1.807, 2.05) is 42.5 Å². The van der Waals surface area contributed by atoms with Crippen LogP contribution in [0.1, 0.15) is 0 Å². The van der Waals surface area contributed by atoms with E-state index in [0.29, 0.717) is 11.4 Å². The monoisotopic (exact) mass is 273 g/mol. The van der Waals surface area contributed by atoms with Gasteiger partial charge in [-0.15, -0.1) is 0 Å². The van der Waals surface area contributed by atoms with Gasteiger partial charge in [0.15, 0.2) is 0 Å². The highest BCUT2D eigenvalue weighted by Crippen LogP contribution is 2.31. The van der Waals surface area contributed by atoms with E-state index in [2.05, 4.69) is 10.6 Å². The number of amides is 2. The van der Waals surface area contributed by atoms with Crippen LogP contribution in [0.25, 0.3) is 0 Å². The van der Waals surface area contributed by atoms with Crippen molar-refractivity contribution in [1.82, 2.24) is 5.32 Å². The summed E-state index contributed by atoms with van der Waals surface area (Å²) in [6.07, 6.45) is 0. The van der Waals surface area contributed by atoms with Crippen LogP contribution < -0.4 is 16.4 Å². The molecule has 5 heteroatoms. The van der Waals surface area contributed by atoms with Gasteiger partial charge in [0.2, 0.25) is 0 Å². The standard InChI is InChI=1S/C14H15N3OS/c1-16-14(18)17-13-9-11(7-8-12(13)15)19-10-5-3-2-4-6-10/h2-9H,15H2,1H3,(H2,16,17,18). The van der Waals surface area contributed by atoms with Gasteiger partial charge in [0.05, 0.1) is 11.4 Å². The first-order chi connectivity index (χ1) is 9.19. The molecule has 0 heterocycles. The lowest BCUT2D eigenvalue weighted by atomic mass is 10.3. The minimum Gasteiger partial charge on any atom is -0.397 e. The number of benzene rings is 2. The first-order valence-corrected chi connectivity index (χ1v) is 6.62. The first-order valence-electron chi connectivity index (χ1n) is 5.80. The van der Waals surface area contributed by atoms with Gasteiger partial charge in [-0.25, -0.2) is 4.79 Å². The Morgan fingerprint density at radius 1 is 1.11 bits per heavy atom. The summed E-state index contributed by atoms with van der Waals surface area (Å²) in [6, 6.07) is 15.3. The molecule has 0 radical (unpaired) electrons. The molecule has 4 N–H and O–H groups in total. The highest BCUT2D eigenvalue weighted by atomic mass is 32.2. The van der Waals surface area contributed by atoms with E-state index in [-0.39, 0.29) is 6.03 Å². The summed E-state index contributed by atoms with van der Waals surface area (Å²) in [5.74, 6) is 0. The van der Waals surface area contributed by atoms with E-state index in [1.165, 1.54) is 0 Å². The van der Waals surface area contributed by atoms with Crippen molar-refractivity contribution >= 4 is 29.2 Å². The molecule has 0 saturated carbocycles. The minimum absolute atomic E-state index is 0.284. The Morgan fingerprint density at radius 3 is 2.53 bits per heavy atom. The minimum atomic E-state index is -0.284. The highest BCUT2D eigenvalue weighted by molar-refractivity contribution is 7.99. The Hall–Kier alpha value is -2.14. The predicted molar refractivity (Wildman–Crippen MR) is 79.5 cm³/mol. The molecule has 98 valence electrons. The highest BCUT2D eigenvalue weighted by Gasteiger charge is 2.05. The Morgan fingerprint density at radius 2 is 1.84 bits per heavy atom. The van der Waals surface area contributed by atoms with Crippen molar-refractivity contribution in [2.24, 2.45) is 0 Å². The number of carbonyl (C=O) groups excluding carboxylic acids is 1. The normalized spacial score (nSPS) is 9.95. The molecule has 0 aliphatic rings. The van der Waals surface area contributed by atoms with E-state index in [0.717, 1.165) is 9.79 Å². The van der Waals surface area contributed by atoms with Gasteiger partial charge in [0.1, 0.15) is 0 Å². The molecule has 2 aromatic rings. The summed E-state index contributed by atoms with van der Waals surface area (Å²) < 4.78 is 0. The summed E-state index contributed by atoms with van der Waals surface area (Å²) in [4.78, 5) is 13.5. The smallest absolute Gasteiger partial charge is 0.319 e. The quantitative estimate of drug-likeness (QED) is 0.752. The lowest BCUT2D eigenvalue weighted by Gasteiger charge is -2.09. The number of nitrogens with one attached hydrogen (secondary N) is 2. The number of anilines is 2. The zero-order valence-corrected chi connectivity index (χ0v) is 11.3. The van der Waals surface area contributed by atoms with E-state index >= 15 is 0 Å². The van der Waals surface area contributed by atoms with Crippen molar-refractivity contribution in [2.45, 2.75) is 9.79 Å². The molecular formula is C14H15N3OS. The third-order valence-corrected chi connectivity index (χ3v) is 3.48. The Labute approximate surface area is 116 Å². The molecule has 0 fully saturated rings. The molecule has 0 unspecified atom stereocenters. The fourth-order valence-electron chi connectivity index (χ4n) is 1.52. The van der Waals surface area contributed by atoms with Gasteiger partial charge in [0, 0.05) is 16.8 Å². The van der Waals surface area contributed by atoms with Crippen molar-refractivity contribution in [3.8, 4) is 0 Å². The van der Waals surface area contributed by atoms with E-state index < -0.39 is 0 Å².